The number of amides is 3. The lowest BCUT2D eigenvalue weighted by atomic mass is 10.1. The SMILES string of the molecule is CN1C(=O)N/C(=C/c2cccc([N+](=O)[O-])c2)C1=O. The summed E-state index contributed by atoms with van der Waals surface area (Å²) in [7, 11) is 1.35. The van der Waals surface area contributed by atoms with E-state index < -0.39 is 16.9 Å². The number of rotatable bonds is 2. The number of non-ortho nitro benzene ring substituents is 1. The molecule has 0 aromatic heterocycles. The van der Waals surface area contributed by atoms with Crippen LogP contribution < -0.4 is 5.32 Å². The van der Waals surface area contributed by atoms with E-state index in [9.17, 15) is 19.7 Å². The van der Waals surface area contributed by atoms with Gasteiger partial charge in [0.1, 0.15) is 5.70 Å². The molecule has 1 fully saturated rings. The Bertz CT molecular complexity index is 579. The highest BCUT2D eigenvalue weighted by Gasteiger charge is 2.29. The number of likely N-dealkylation sites (N-methyl/N-ethyl adjacent to an activating group) is 1. The number of nitrogens with one attached hydrogen (secondary N) is 1. The summed E-state index contributed by atoms with van der Waals surface area (Å²) in [4.78, 5) is 33.8. The summed E-state index contributed by atoms with van der Waals surface area (Å²) in [6.07, 6.45) is 1.40. The van der Waals surface area contributed by atoms with Crippen molar-refractivity contribution >= 4 is 23.7 Å². The molecule has 2 rings (SSSR count). The molecule has 0 bridgehead atoms. The van der Waals surface area contributed by atoms with E-state index in [1.54, 1.807) is 6.07 Å². The minimum atomic E-state index is -0.525. The van der Waals surface area contributed by atoms with Crippen LogP contribution in [0.3, 0.4) is 0 Å². The van der Waals surface area contributed by atoms with Crippen LogP contribution >= 0.6 is 0 Å². The lowest BCUT2D eigenvalue weighted by molar-refractivity contribution is -0.384. The second-order valence-corrected chi connectivity index (χ2v) is 3.70. The van der Waals surface area contributed by atoms with E-state index in [0.29, 0.717) is 5.56 Å². The highest BCUT2D eigenvalue weighted by molar-refractivity contribution is 6.13. The number of carbonyl (C=O) groups is 2. The smallest absolute Gasteiger partial charge is 0.303 e. The van der Waals surface area contributed by atoms with Crippen LogP contribution in [0.25, 0.3) is 6.08 Å². The van der Waals surface area contributed by atoms with Crippen molar-refractivity contribution in [1.82, 2.24) is 10.2 Å². The standard InChI is InChI=1S/C11H9N3O4/c1-13-10(15)9(12-11(13)16)6-7-3-2-4-8(5-7)14(17)18/h2-6H,1H3,(H,12,16)/b9-6+. The molecule has 0 aliphatic carbocycles. The summed E-state index contributed by atoms with van der Waals surface area (Å²) in [5.41, 5.74) is 0.501. The van der Waals surface area contributed by atoms with Gasteiger partial charge in [-0.2, -0.15) is 0 Å². The number of hydrogen-bond acceptors (Lipinski definition) is 4. The van der Waals surface area contributed by atoms with E-state index >= 15 is 0 Å². The van der Waals surface area contributed by atoms with E-state index in [4.69, 9.17) is 0 Å². The fraction of sp³-hybridized carbons (Fsp3) is 0.0909. The van der Waals surface area contributed by atoms with Gasteiger partial charge in [0.05, 0.1) is 4.92 Å². The zero-order valence-electron chi connectivity index (χ0n) is 9.41. The highest BCUT2D eigenvalue weighted by Crippen LogP contribution is 2.17. The van der Waals surface area contributed by atoms with Gasteiger partial charge in [0.15, 0.2) is 0 Å². The van der Waals surface area contributed by atoms with Crippen LogP contribution in [0.5, 0.6) is 0 Å². The lowest BCUT2D eigenvalue weighted by Crippen LogP contribution is -2.25. The van der Waals surface area contributed by atoms with E-state index in [1.165, 1.54) is 31.3 Å². The molecule has 92 valence electrons. The Labute approximate surface area is 102 Å². The van der Waals surface area contributed by atoms with Crippen LogP contribution in [0.2, 0.25) is 0 Å². The van der Waals surface area contributed by atoms with Crippen LogP contribution in [-0.2, 0) is 4.79 Å². The Morgan fingerprint density at radius 2 is 2.11 bits per heavy atom. The molecule has 1 aromatic carbocycles. The first-order valence-electron chi connectivity index (χ1n) is 5.04. The first-order chi connectivity index (χ1) is 8.49. The molecule has 1 saturated heterocycles. The Balaban J connectivity index is 2.34. The van der Waals surface area contributed by atoms with Gasteiger partial charge in [-0.05, 0) is 11.6 Å². The van der Waals surface area contributed by atoms with Gasteiger partial charge in [0.25, 0.3) is 11.6 Å². The van der Waals surface area contributed by atoms with Gasteiger partial charge in [-0.1, -0.05) is 12.1 Å². The van der Waals surface area contributed by atoms with E-state index in [0.717, 1.165) is 4.90 Å². The molecule has 0 unspecified atom stereocenters. The number of imide groups is 1. The first-order valence-corrected chi connectivity index (χ1v) is 5.04. The summed E-state index contributed by atoms with van der Waals surface area (Å²) in [5.74, 6) is -0.466. The maximum Gasteiger partial charge on any atom is 0.328 e. The maximum atomic E-state index is 11.6. The Morgan fingerprint density at radius 3 is 2.67 bits per heavy atom. The van der Waals surface area contributed by atoms with E-state index in [1.807, 2.05) is 0 Å². The zero-order valence-corrected chi connectivity index (χ0v) is 9.41. The monoisotopic (exact) mass is 247 g/mol. The molecular formula is C11H9N3O4. The van der Waals surface area contributed by atoms with Gasteiger partial charge in [0.2, 0.25) is 0 Å². The van der Waals surface area contributed by atoms with Crippen molar-refractivity contribution in [3.05, 3.63) is 45.6 Å². The molecule has 0 saturated carbocycles. The van der Waals surface area contributed by atoms with Crippen molar-refractivity contribution in [1.29, 1.82) is 0 Å². The van der Waals surface area contributed by atoms with Gasteiger partial charge in [0, 0.05) is 19.2 Å². The predicted octanol–water partition coefficient (Wildman–Crippen LogP) is 1.12. The number of nitrogens with zero attached hydrogens (tertiary/aromatic N) is 2. The third kappa shape index (κ3) is 2.05. The predicted molar refractivity (Wildman–Crippen MR) is 62.4 cm³/mol. The number of hydrogen-bond donors (Lipinski definition) is 1. The Morgan fingerprint density at radius 1 is 1.39 bits per heavy atom. The number of nitro groups is 1. The molecular weight excluding hydrogens is 238 g/mol. The average molecular weight is 247 g/mol. The Kier molecular flexibility index (Phi) is 2.80. The van der Waals surface area contributed by atoms with E-state index in [-0.39, 0.29) is 11.4 Å². The van der Waals surface area contributed by atoms with Crippen molar-refractivity contribution in [3.8, 4) is 0 Å². The number of benzene rings is 1. The molecule has 0 radical (unpaired) electrons. The lowest BCUT2D eigenvalue weighted by Gasteiger charge is -1.99. The fourth-order valence-corrected chi connectivity index (χ4v) is 1.52. The van der Waals surface area contributed by atoms with Crippen LogP contribution in [0.1, 0.15) is 5.56 Å². The van der Waals surface area contributed by atoms with Crippen molar-refractivity contribution < 1.29 is 14.5 Å². The van der Waals surface area contributed by atoms with Crippen LogP contribution in [-0.4, -0.2) is 28.8 Å². The largest absolute Gasteiger partial charge is 0.328 e. The van der Waals surface area contributed by atoms with Crippen molar-refractivity contribution in [2.45, 2.75) is 0 Å². The molecule has 1 N–H and O–H groups in total. The van der Waals surface area contributed by atoms with E-state index in [2.05, 4.69) is 5.32 Å². The van der Waals surface area contributed by atoms with Crippen molar-refractivity contribution in [2.24, 2.45) is 0 Å². The molecule has 0 atom stereocenters. The van der Waals surface area contributed by atoms with Crippen molar-refractivity contribution in [2.75, 3.05) is 7.05 Å². The topological polar surface area (TPSA) is 92.6 Å². The normalized spacial score (nSPS) is 17.2. The maximum absolute atomic E-state index is 11.6. The quantitative estimate of drug-likeness (QED) is 0.367. The molecule has 0 spiro atoms. The summed E-state index contributed by atoms with van der Waals surface area (Å²) in [6.45, 7) is 0. The van der Waals surface area contributed by atoms with Crippen LogP contribution in [0.15, 0.2) is 30.0 Å². The van der Waals surface area contributed by atoms with Crippen LogP contribution in [0, 0.1) is 10.1 Å². The molecule has 1 heterocycles. The number of urea groups is 1. The molecule has 7 nitrogen and oxygen atoms in total. The molecule has 1 aliphatic heterocycles. The van der Waals surface area contributed by atoms with Gasteiger partial charge in [-0.15, -0.1) is 0 Å². The van der Waals surface area contributed by atoms with Gasteiger partial charge < -0.3 is 5.32 Å². The summed E-state index contributed by atoms with van der Waals surface area (Å²) >= 11 is 0. The Hall–Kier alpha value is -2.70. The fourth-order valence-electron chi connectivity index (χ4n) is 1.52. The van der Waals surface area contributed by atoms with Crippen LogP contribution in [0.4, 0.5) is 10.5 Å². The first kappa shape index (κ1) is 11.8. The molecule has 18 heavy (non-hydrogen) atoms. The minimum Gasteiger partial charge on any atom is -0.303 e. The molecule has 7 heteroatoms. The number of carbonyl (C=O) groups excluding carboxylic acids is 2. The zero-order chi connectivity index (χ0) is 13.3. The van der Waals surface area contributed by atoms with Gasteiger partial charge in [-0.3, -0.25) is 19.8 Å². The third-order valence-corrected chi connectivity index (χ3v) is 2.47. The van der Waals surface area contributed by atoms with Crippen molar-refractivity contribution in [3.63, 3.8) is 0 Å². The summed E-state index contributed by atoms with van der Waals surface area (Å²) in [6, 6.07) is 5.28. The second-order valence-electron chi connectivity index (χ2n) is 3.70. The highest BCUT2D eigenvalue weighted by atomic mass is 16.6. The number of nitro benzene ring substituents is 1. The molecule has 3 amide bonds. The molecule has 1 aliphatic rings. The van der Waals surface area contributed by atoms with Gasteiger partial charge in [-0.25, -0.2) is 4.79 Å². The van der Waals surface area contributed by atoms with Gasteiger partial charge >= 0.3 is 6.03 Å². The average Bonchev–Trinajstić information content (AvgIpc) is 2.57. The third-order valence-electron chi connectivity index (χ3n) is 2.47. The second kappa shape index (κ2) is 4.28. The molecule has 1 aromatic rings. The summed E-state index contributed by atoms with van der Waals surface area (Å²) in [5, 5.41) is 13.0. The minimum absolute atomic E-state index is 0.0746. The summed E-state index contributed by atoms with van der Waals surface area (Å²) < 4.78 is 0.